The third-order valence-electron chi connectivity index (χ3n) is 1.74. The van der Waals surface area contributed by atoms with Crippen LogP contribution in [0, 0.1) is 0 Å². The van der Waals surface area contributed by atoms with Gasteiger partial charge < -0.3 is 0 Å². The van der Waals surface area contributed by atoms with Crippen molar-refractivity contribution in [1.82, 2.24) is 0 Å². The van der Waals surface area contributed by atoms with Crippen molar-refractivity contribution in [3.8, 4) is 0 Å². The fourth-order valence-corrected chi connectivity index (χ4v) is 1.23. The van der Waals surface area contributed by atoms with Gasteiger partial charge in [0.15, 0.2) is 0 Å². The van der Waals surface area contributed by atoms with Gasteiger partial charge in [0.2, 0.25) is 0 Å². The molecule has 1 aromatic rings. The van der Waals surface area contributed by atoms with Crippen LogP contribution in [0.1, 0.15) is 19.4 Å². The van der Waals surface area contributed by atoms with E-state index in [0.29, 0.717) is 12.2 Å². The fourth-order valence-electron chi connectivity index (χ4n) is 1.23. The molecular formula is C10H13B2O. The van der Waals surface area contributed by atoms with Crippen molar-refractivity contribution in [3.63, 3.8) is 0 Å². The van der Waals surface area contributed by atoms with Crippen LogP contribution in [-0.2, 0) is 11.2 Å². The van der Waals surface area contributed by atoms with Crippen molar-refractivity contribution in [3.05, 3.63) is 29.6 Å². The monoisotopic (exact) mass is 171 g/mol. The van der Waals surface area contributed by atoms with Gasteiger partial charge in [-0.2, -0.15) is 0 Å². The Labute approximate surface area is 81.0 Å². The molecule has 0 spiro atoms. The molecule has 3 heteroatoms. The molecule has 0 atom stereocenters. The van der Waals surface area contributed by atoms with Gasteiger partial charge in [-0.15, -0.1) is 0 Å². The Morgan fingerprint density at radius 2 is 2.38 bits per heavy atom. The van der Waals surface area contributed by atoms with Crippen molar-refractivity contribution in [1.29, 1.82) is 0 Å². The van der Waals surface area contributed by atoms with Crippen molar-refractivity contribution < 1.29 is 4.79 Å². The topological polar surface area (TPSA) is 17.1 Å². The minimum atomic E-state index is 0.209. The van der Waals surface area contributed by atoms with Crippen LogP contribution in [0.5, 0.6) is 0 Å². The van der Waals surface area contributed by atoms with Crippen LogP contribution in [0.3, 0.4) is 0 Å². The van der Waals surface area contributed by atoms with Crippen LogP contribution < -0.4 is 0 Å². The van der Waals surface area contributed by atoms with E-state index in [1.165, 1.54) is 0 Å². The maximum atomic E-state index is 11.4. The van der Waals surface area contributed by atoms with E-state index in [-0.39, 0.29) is 5.68 Å². The van der Waals surface area contributed by atoms with Crippen LogP contribution >= 0.6 is 0 Å². The Bertz CT molecular complexity index is 270. The molecule has 13 heavy (non-hydrogen) atoms. The summed E-state index contributed by atoms with van der Waals surface area (Å²) in [5.41, 5.74) is 1.30. The molecule has 0 aromatic carbocycles. The fraction of sp³-hybridized carbons (Fsp3) is 0.400. The second-order valence-corrected chi connectivity index (χ2v) is 3.54. The Hall–Kier alpha value is -0.850. The first-order valence-electron chi connectivity index (χ1n) is 4.60. The van der Waals surface area contributed by atoms with E-state index < -0.39 is 0 Å². The first kappa shape index (κ1) is 10.2. The molecule has 1 nitrogen and oxygen atoms in total. The van der Waals surface area contributed by atoms with Gasteiger partial charge in [0.25, 0.3) is 0 Å². The van der Waals surface area contributed by atoms with Crippen LogP contribution in [0.15, 0.2) is 24.1 Å². The zero-order valence-corrected chi connectivity index (χ0v) is 8.16. The van der Waals surface area contributed by atoms with Gasteiger partial charge in [0.1, 0.15) is 0 Å². The summed E-state index contributed by atoms with van der Waals surface area (Å²) in [5, 5.41) is 0. The predicted octanol–water partition coefficient (Wildman–Crippen LogP) is 1.63. The number of carbonyl (C=O) groups is 1. The zero-order valence-electron chi connectivity index (χ0n) is 8.16. The molecule has 0 fully saturated rings. The van der Waals surface area contributed by atoms with Crippen molar-refractivity contribution in [2.24, 2.45) is 0 Å². The Morgan fingerprint density at radius 3 is 2.92 bits per heavy atom. The van der Waals surface area contributed by atoms with Crippen molar-refractivity contribution in [2.75, 3.05) is 0 Å². The molecule has 0 amide bonds. The molecule has 1 aromatic heterocycles. The molecule has 0 saturated carbocycles. The van der Waals surface area contributed by atoms with Gasteiger partial charge in [-0.3, -0.25) is 0 Å². The summed E-state index contributed by atoms with van der Waals surface area (Å²) in [6.45, 7) is 5.99. The third kappa shape index (κ3) is 4.07. The molecule has 0 N–H and O–H groups in total. The number of rotatable bonds is 4. The van der Waals surface area contributed by atoms with Gasteiger partial charge in [-0.25, -0.2) is 0 Å². The average Bonchev–Trinajstić information content (AvgIpc) is 2.04. The number of hydrogen-bond donors (Lipinski definition) is 0. The average molecular weight is 171 g/mol. The summed E-state index contributed by atoms with van der Waals surface area (Å²) >= 11 is 0. The molecule has 1 radical (unpaired) electrons. The molecule has 1 rings (SSSR count). The van der Waals surface area contributed by atoms with Gasteiger partial charge >= 0.3 is 80.4 Å². The van der Waals surface area contributed by atoms with Crippen LogP contribution in [-0.4, -0.2) is 19.9 Å². The van der Waals surface area contributed by atoms with E-state index in [9.17, 15) is 4.79 Å². The standard InChI is InChI=1S/C10H13B2O/c1-8(2)12-10(13)6-9-4-3-5-11-7-9/h3-5,7-8H,6H2,1-2H3. The Balaban J connectivity index is 2.46. The zero-order chi connectivity index (χ0) is 9.68. The molecule has 0 unspecified atom stereocenters. The van der Waals surface area contributed by atoms with Crippen LogP contribution in [0.2, 0.25) is 5.82 Å². The van der Waals surface area contributed by atoms with E-state index >= 15 is 0 Å². The molecule has 0 saturated heterocycles. The summed E-state index contributed by atoms with van der Waals surface area (Å²) in [7, 11) is 1.77. The molecule has 0 bridgehead atoms. The second-order valence-electron chi connectivity index (χ2n) is 3.54. The quantitative estimate of drug-likeness (QED) is 0.629. The van der Waals surface area contributed by atoms with E-state index in [0.717, 1.165) is 5.56 Å². The summed E-state index contributed by atoms with van der Waals surface area (Å²) in [5.74, 6) is 4.28. The first-order chi connectivity index (χ1) is 6.18. The normalized spacial score (nSPS) is 9.77. The third-order valence-corrected chi connectivity index (χ3v) is 1.74. The minimum absolute atomic E-state index is 0.209. The van der Waals surface area contributed by atoms with Crippen LogP contribution in [0.25, 0.3) is 0 Å². The molecule has 65 valence electrons. The number of carbonyl (C=O) groups excluding carboxylic acids is 1. The van der Waals surface area contributed by atoms with E-state index in [1.54, 1.807) is 7.28 Å². The van der Waals surface area contributed by atoms with Crippen molar-refractivity contribution in [2.45, 2.75) is 26.1 Å². The van der Waals surface area contributed by atoms with Crippen LogP contribution in [0.4, 0.5) is 0 Å². The van der Waals surface area contributed by atoms with Gasteiger partial charge in [-0.1, -0.05) is 0 Å². The van der Waals surface area contributed by atoms with Crippen molar-refractivity contribution >= 4 is 19.9 Å². The molecule has 0 aliphatic heterocycles. The predicted molar refractivity (Wildman–Crippen MR) is 57.4 cm³/mol. The maximum absolute atomic E-state index is 11.4. The summed E-state index contributed by atoms with van der Waals surface area (Å²) in [6, 6.07) is 3.93. The summed E-state index contributed by atoms with van der Waals surface area (Å²) < 4.78 is 0. The Morgan fingerprint density at radius 1 is 1.62 bits per heavy atom. The molecular weight excluding hydrogens is 158 g/mol. The molecule has 0 aliphatic rings. The summed E-state index contributed by atoms with van der Waals surface area (Å²) in [4.78, 5) is 11.4. The van der Waals surface area contributed by atoms with Gasteiger partial charge in [0.05, 0.1) is 0 Å². The van der Waals surface area contributed by atoms with Gasteiger partial charge in [-0.05, 0) is 0 Å². The summed E-state index contributed by atoms with van der Waals surface area (Å²) in [6.07, 6.45) is 0.527. The first-order valence-corrected chi connectivity index (χ1v) is 4.60. The van der Waals surface area contributed by atoms with E-state index in [4.69, 9.17) is 0 Å². The molecule has 1 heterocycles. The SMILES string of the molecule is CC(C)[B]C(=O)Cc1cbccc1. The van der Waals surface area contributed by atoms with E-state index in [2.05, 4.69) is 0 Å². The van der Waals surface area contributed by atoms with Gasteiger partial charge in [0, 0.05) is 0 Å². The Kier molecular flexibility index (Phi) is 3.94. The number of hydrogen-bond acceptors (Lipinski definition) is 1. The second kappa shape index (κ2) is 5.00. The molecule has 0 aliphatic carbocycles. The van der Waals surface area contributed by atoms with E-state index in [1.807, 2.05) is 44.8 Å².